The van der Waals surface area contributed by atoms with Gasteiger partial charge in [0, 0.05) is 49.8 Å². The molecule has 0 aliphatic rings. The van der Waals surface area contributed by atoms with E-state index in [-0.39, 0.29) is 11.3 Å². The molecule has 10 heteroatoms. The highest BCUT2D eigenvalue weighted by Crippen LogP contribution is 2.39. The van der Waals surface area contributed by atoms with Gasteiger partial charge in [-0.3, -0.25) is 19.5 Å². The van der Waals surface area contributed by atoms with Crippen LogP contribution in [0.25, 0.3) is 22.0 Å². The molecule has 0 saturated carbocycles. The van der Waals surface area contributed by atoms with Gasteiger partial charge in [-0.05, 0) is 67.9 Å². The van der Waals surface area contributed by atoms with Crippen LogP contribution in [-0.2, 0) is 22.6 Å². The van der Waals surface area contributed by atoms with Crippen LogP contribution >= 0.6 is 0 Å². The predicted molar refractivity (Wildman–Crippen MR) is 156 cm³/mol. The molecule has 9 nitrogen and oxygen atoms in total. The fraction of sp³-hybridized carbons (Fsp3) is 0.207. The zero-order valence-electron chi connectivity index (χ0n) is 22.2. The lowest BCUT2D eigenvalue weighted by Crippen LogP contribution is -2.34. The number of benzene rings is 1. The molecule has 0 aliphatic heterocycles. The zero-order chi connectivity index (χ0) is 27.8. The number of hydrogen-bond donors (Lipinski definition) is 2. The molecule has 0 bridgehead atoms. The monoisotopic (exact) mass is 542 g/mol. The van der Waals surface area contributed by atoms with Crippen molar-refractivity contribution >= 4 is 32.3 Å². The lowest BCUT2D eigenvalue weighted by Gasteiger charge is -2.32. The van der Waals surface area contributed by atoms with Gasteiger partial charge >= 0.3 is 0 Å². The van der Waals surface area contributed by atoms with E-state index in [2.05, 4.69) is 14.6 Å². The SMILES string of the molecule is CCS(=O)(=O)Nc1cc(-c2cc(NC)c(=O)n(C)c2)cc2c1ccn2C(C)(c1ccccn1)c1ccccn1. The van der Waals surface area contributed by atoms with Crippen LogP contribution in [0.15, 0.2) is 90.2 Å². The molecule has 4 aromatic heterocycles. The van der Waals surface area contributed by atoms with Gasteiger partial charge in [-0.25, -0.2) is 8.42 Å². The van der Waals surface area contributed by atoms with E-state index in [0.29, 0.717) is 11.4 Å². The van der Waals surface area contributed by atoms with Crippen molar-refractivity contribution in [1.82, 2.24) is 19.1 Å². The molecule has 200 valence electrons. The molecule has 5 aromatic rings. The Morgan fingerprint density at radius 1 is 0.923 bits per heavy atom. The Morgan fingerprint density at radius 2 is 1.56 bits per heavy atom. The van der Waals surface area contributed by atoms with Crippen molar-refractivity contribution in [3.63, 3.8) is 0 Å². The number of aryl methyl sites for hydroxylation is 1. The summed E-state index contributed by atoms with van der Waals surface area (Å²) < 4.78 is 31.8. The lowest BCUT2D eigenvalue weighted by molar-refractivity contribution is 0.463. The second-order valence-corrected chi connectivity index (χ2v) is 11.5. The summed E-state index contributed by atoms with van der Waals surface area (Å²) >= 11 is 0. The number of aromatic nitrogens is 4. The molecule has 2 N–H and O–H groups in total. The van der Waals surface area contributed by atoms with E-state index in [1.807, 2.05) is 61.7 Å². The van der Waals surface area contributed by atoms with Crippen molar-refractivity contribution in [2.75, 3.05) is 22.8 Å². The fourth-order valence-corrected chi connectivity index (χ4v) is 5.50. The first-order valence-electron chi connectivity index (χ1n) is 12.6. The van der Waals surface area contributed by atoms with Crippen LogP contribution in [0, 0.1) is 0 Å². The van der Waals surface area contributed by atoms with E-state index in [4.69, 9.17) is 9.97 Å². The molecule has 0 saturated heterocycles. The second kappa shape index (κ2) is 10.0. The van der Waals surface area contributed by atoms with Crippen LogP contribution in [0.5, 0.6) is 0 Å². The third-order valence-electron chi connectivity index (χ3n) is 7.05. The average Bonchev–Trinajstić information content (AvgIpc) is 3.40. The number of rotatable bonds is 8. The standard InChI is InChI=1S/C29H30N6O3S/c1-5-39(37,38)33-23-16-20(21-17-24(30-3)28(36)34(4)19-21)18-25-22(23)12-15-35(25)29(2,26-10-6-8-13-31-26)27-11-7-9-14-32-27/h6-19,30,33H,5H2,1-4H3. The maximum Gasteiger partial charge on any atom is 0.273 e. The topological polar surface area (TPSA) is 111 Å². The number of fused-ring (bicyclic) bond motifs is 1. The van der Waals surface area contributed by atoms with Crippen LogP contribution in [-0.4, -0.2) is 40.3 Å². The van der Waals surface area contributed by atoms with Crippen LogP contribution < -0.4 is 15.6 Å². The molecule has 0 unspecified atom stereocenters. The Balaban J connectivity index is 1.85. The average molecular weight is 543 g/mol. The summed E-state index contributed by atoms with van der Waals surface area (Å²) in [5.41, 5.74) is 3.75. The number of nitrogens with one attached hydrogen (secondary N) is 2. The van der Waals surface area contributed by atoms with Gasteiger partial charge in [0.15, 0.2) is 0 Å². The van der Waals surface area contributed by atoms with E-state index in [0.717, 1.165) is 33.4 Å². The summed E-state index contributed by atoms with van der Waals surface area (Å²) in [7, 11) is -0.189. The Bertz CT molecular complexity index is 1770. The van der Waals surface area contributed by atoms with Gasteiger partial charge in [0.25, 0.3) is 5.56 Å². The van der Waals surface area contributed by atoms with Crippen molar-refractivity contribution in [3.05, 3.63) is 107 Å². The largest absolute Gasteiger partial charge is 0.384 e. The van der Waals surface area contributed by atoms with Crippen molar-refractivity contribution in [1.29, 1.82) is 0 Å². The van der Waals surface area contributed by atoms with Gasteiger partial charge in [0.2, 0.25) is 10.0 Å². The second-order valence-electron chi connectivity index (χ2n) is 9.46. The van der Waals surface area contributed by atoms with E-state index < -0.39 is 15.6 Å². The quantitative estimate of drug-likeness (QED) is 0.301. The molecule has 0 atom stereocenters. The van der Waals surface area contributed by atoms with E-state index in [9.17, 15) is 13.2 Å². The van der Waals surface area contributed by atoms with E-state index in [1.165, 1.54) is 4.57 Å². The summed E-state index contributed by atoms with van der Waals surface area (Å²) in [4.78, 5) is 21.9. The molecule has 1 aromatic carbocycles. The number of hydrogen-bond acceptors (Lipinski definition) is 6. The van der Waals surface area contributed by atoms with Gasteiger partial charge in [-0.2, -0.15) is 0 Å². The van der Waals surface area contributed by atoms with Crippen LogP contribution in [0.4, 0.5) is 11.4 Å². The number of anilines is 2. The van der Waals surface area contributed by atoms with E-state index >= 15 is 0 Å². The molecule has 5 rings (SSSR count). The summed E-state index contributed by atoms with van der Waals surface area (Å²) in [5, 5.41) is 3.68. The van der Waals surface area contributed by atoms with Gasteiger partial charge in [-0.1, -0.05) is 12.1 Å². The minimum absolute atomic E-state index is 0.0667. The third-order valence-corrected chi connectivity index (χ3v) is 8.34. The number of pyridine rings is 3. The Kier molecular flexibility index (Phi) is 6.73. The van der Waals surface area contributed by atoms with Gasteiger partial charge in [0.05, 0.1) is 28.3 Å². The normalized spacial score (nSPS) is 12.0. The number of sulfonamides is 1. The minimum Gasteiger partial charge on any atom is -0.384 e. The summed E-state index contributed by atoms with van der Waals surface area (Å²) in [6.45, 7) is 3.64. The summed E-state index contributed by atoms with van der Waals surface area (Å²) in [6.07, 6.45) is 7.17. The van der Waals surface area contributed by atoms with Crippen molar-refractivity contribution in [2.45, 2.75) is 19.4 Å². The van der Waals surface area contributed by atoms with Gasteiger partial charge in [0.1, 0.15) is 11.2 Å². The van der Waals surface area contributed by atoms with E-state index in [1.54, 1.807) is 51.7 Å². The Hall–Kier alpha value is -4.44. The highest BCUT2D eigenvalue weighted by molar-refractivity contribution is 7.92. The smallest absolute Gasteiger partial charge is 0.273 e. The molecule has 39 heavy (non-hydrogen) atoms. The Labute approximate surface area is 227 Å². The third kappa shape index (κ3) is 4.67. The molecule has 4 heterocycles. The minimum atomic E-state index is -3.57. The Morgan fingerprint density at radius 3 is 2.13 bits per heavy atom. The lowest BCUT2D eigenvalue weighted by atomic mass is 9.91. The van der Waals surface area contributed by atoms with Crippen molar-refractivity contribution < 1.29 is 8.42 Å². The first-order valence-corrected chi connectivity index (χ1v) is 14.2. The zero-order valence-corrected chi connectivity index (χ0v) is 23.0. The molecular formula is C29H30N6O3S. The van der Waals surface area contributed by atoms with Gasteiger partial charge < -0.3 is 14.5 Å². The fourth-order valence-electron chi connectivity index (χ4n) is 4.85. The number of nitrogens with zero attached hydrogens (tertiary/aromatic N) is 4. The predicted octanol–water partition coefficient (Wildman–Crippen LogP) is 4.41. The van der Waals surface area contributed by atoms with Crippen molar-refractivity contribution in [2.24, 2.45) is 7.05 Å². The maximum atomic E-state index is 12.7. The molecule has 0 spiro atoms. The summed E-state index contributed by atoms with van der Waals surface area (Å²) in [5.74, 6) is -0.0667. The van der Waals surface area contributed by atoms with Gasteiger partial charge in [-0.15, -0.1) is 0 Å². The molecular weight excluding hydrogens is 512 g/mol. The molecule has 0 aliphatic carbocycles. The molecule has 0 fully saturated rings. The first kappa shape index (κ1) is 26.2. The highest BCUT2D eigenvalue weighted by atomic mass is 32.2. The van der Waals surface area contributed by atoms with Crippen molar-refractivity contribution in [3.8, 4) is 11.1 Å². The highest BCUT2D eigenvalue weighted by Gasteiger charge is 2.35. The van der Waals surface area contributed by atoms with Crippen LogP contribution in [0.1, 0.15) is 25.2 Å². The first-order chi connectivity index (χ1) is 18.7. The molecule has 0 radical (unpaired) electrons. The summed E-state index contributed by atoms with van der Waals surface area (Å²) in [6, 6.07) is 19.0. The van der Waals surface area contributed by atoms with Crippen LogP contribution in [0.3, 0.4) is 0 Å². The molecule has 0 amide bonds. The van der Waals surface area contributed by atoms with Crippen LogP contribution in [0.2, 0.25) is 0 Å². The maximum absolute atomic E-state index is 12.7.